The molecule has 0 aliphatic rings. The van der Waals surface area contributed by atoms with Crippen molar-refractivity contribution in [2.45, 2.75) is 6.54 Å². The third kappa shape index (κ3) is 4.86. The molecule has 1 amide bonds. The average molecular weight is 446 g/mol. The highest BCUT2D eigenvalue weighted by Crippen LogP contribution is 2.19. The lowest BCUT2D eigenvalue weighted by atomic mass is 10.2. The minimum Gasteiger partial charge on any atom is -0.265 e. The van der Waals surface area contributed by atoms with E-state index in [2.05, 4.69) is 31.6 Å². The molecule has 3 rings (SSSR count). The molecule has 0 fully saturated rings. The lowest BCUT2D eigenvalue weighted by molar-refractivity contribution is -0.385. The van der Waals surface area contributed by atoms with Gasteiger partial charge in [-0.25, -0.2) is 9.82 Å². The Morgan fingerprint density at radius 2 is 2.07 bits per heavy atom. The predicted octanol–water partition coefficient (Wildman–Crippen LogP) is 3.51. The third-order valence-electron chi connectivity index (χ3n) is 3.64. The van der Waals surface area contributed by atoms with Crippen LogP contribution in [-0.4, -0.2) is 26.8 Å². The van der Waals surface area contributed by atoms with Gasteiger partial charge in [0.1, 0.15) is 12.0 Å². The Labute approximate surface area is 167 Å². The van der Waals surface area contributed by atoms with Crippen molar-refractivity contribution in [3.63, 3.8) is 0 Å². The first-order valence-corrected chi connectivity index (χ1v) is 8.77. The molecule has 0 aliphatic carbocycles. The van der Waals surface area contributed by atoms with Gasteiger partial charge < -0.3 is 0 Å². The first-order chi connectivity index (χ1) is 13.4. The molecule has 1 N–H and O–H groups in total. The topological polar surface area (TPSA) is 102 Å². The van der Waals surface area contributed by atoms with E-state index in [4.69, 9.17) is 0 Å². The van der Waals surface area contributed by atoms with Crippen LogP contribution in [0.25, 0.3) is 0 Å². The number of hydrogen-bond acceptors (Lipinski definition) is 5. The summed E-state index contributed by atoms with van der Waals surface area (Å²) in [5.41, 5.74) is 2.82. The molecule has 142 valence electrons. The van der Waals surface area contributed by atoms with E-state index in [0.29, 0.717) is 5.56 Å². The van der Waals surface area contributed by atoms with E-state index >= 15 is 0 Å². The molecule has 0 saturated heterocycles. The van der Waals surface area contributed by atoms with Crippen LogP contribution in [0.3, 0.4) is 0 Å². The molecule has 0 spiro atoms. The number of benzene rings is 2. The highest BCUT2D eigenvalue weighted by atomic mass is 79.9. The Bertz CT molecular complexity index is 1050. The predicted molar refractivity (Wildman–Crippen MR) is 104 cm³/mol. The van der Waals surface area contributed by atoms with Crippen molar-refractivity contribution in [3.05, 3.63) is 92.0 Å². The van der Waals surface area contributed by atoms with E-state index in [1.54, 1.807) is 0 Å². The first-order valence-electron chi connectivity index (χ1n) is 7.97. The van der Waals surface area contributed by atoms with Gasteiger partial charge in [0.05, 0.1) is 17.7 Å². The summed E-state index contributed by atoms with van der Waals surface area (Å²) >= 11 is 3.35. The second kappa shape index (κ2) is 8.53. The van der Waals surface area contributed by atoms with Crippen LogP contribution in [0.5, 0.6) is 0 Å². The molecule has 0 aliphatic heterocycles. The van der Waals surface area contributed by atoms with Crippen molar-refractivity contribution >= 4 is 33.7 Å². The summed E-state index contributed by atoms with van der Waals surface area (Å²) in [5.74, 6) is -1.22. The second-order valence-corrected chi connectivity index (χ2v) is 6.61. The minimum atomic E-state index is -0.821. The van der Waals surface area contributed by atoms with E-state index < -0.39 is 22.3 Å². The van der Waals surface area contributed by atoms with E-state index in [1.807, 2.05) is 24.3 Å². The summed E-state index contributed by atoms with van der Waals surface area (Å²) in [6.07, 6.45) is 2.49. The molecule has 0 radical (unpaired) electrons. The van der Waals surface area contributed by atoms with E-state index in [1.165, 1.54) is 41.4 Å². The van der Waals surface area contributed by atoms with Crippen molar-refractivity contribution in [2.75, 3.05) is 0 Å². The van der Waals surface area contributed by atoms with Crippen LogP contribution >= 0.6 is 15.9 Å². The monoisotopic (exact) mass is 445 g/mol. The maximum atomic E-state index is 12.9. The molecule has 3 aromatic rings. The third-order valence-corrected chi connectivity index (χ3v) is 4.13. The van der Waals surface area contributed by atoms with Gasteiger partial charge in [0.2, 0.25) is 5.69 Å². The Morgan fingerprint density at radius 3 is 2.75 bits per heavy atom. The van der Waals surface area contributed by atoms with Crippen LogP contribution in [0, 0.1) is 15.9 Å². The van der Waals surface area contributed by atoms with Crippen LogP contribution in [0.2, 0.25) is 0 Å². The zero-order valence-electron chi connectivity index (χ0n) is 14.3. The number of hydrogen-bond donors (Lipinski definition) is 1. The SMILES string of the molecule is O=C(N/N=C/c1ccc(F)cc1)c1nn(Cc2cccc(Br)c2)cc1[N+](=O)[O-]. The maximum absolute atomic E-state index is 12.9. The van der Waals surface area contributed by atoms with E-state index in [-0.39, 0.29) is 12.2 Å². The number of carbonyl (C=O) groups is 1. The second-order valence-electron chi connectivity index (χ2n) is 5.70. The molecular weight excluding hydrogens is 433 g/mol. The van der Waals surface area contributed by atoms with E-state index in [9.17, 15) is 19.3 Å². The molecule has 10 heteroatoms. The smallest absolute Gasteiger partial charge is 0.265 e. The van der Waals surface area contributed by atoms with Gasteiger partial charge >= 0.3 is 5.69 Å². The standard InChI is InChI=1S/C18H13BrFN5O3/c19-14-3-1-2-13(8-14)10-24-11-16(25(27)28)17(23-24)18(26)22-21-9-12-4-6-15(20)7-5-12/h1-9,11H,10H2,(H,22,26)/b21-9+. The molecule has 8 nitrogen and oxygen atoms in total. The van der Waals surface area contributed by atoms with Crippen LogP contribution in [0.1, 0.15) is 21.6 Å². The van der Waals surface area contributed by atoms with Crippen LogP contribution in [0.15, 0.2) is 64.3 Å². The quantitative estimate of drug-likeness (QED) is 0.356. The molecule has 0 atom stereocenters. The fourth-order valence-electron chi connectivity index (χ4n) is 2.38. The molecule has 0 unspecified atom stereocenters. The summed E-state index contributed by atoms with van der Waals surface area (Å²) < 4.78 is 15.0. The van der Waals surface area contributed by atoms with Gasteiger partial charge in [0, 0.05) is 4.47 Å². The van der Waals surface area contributed by atoms with Gasteiger partial charge in [-0.3, -0.25) is 19.6 Å². The van der Waals surface area contributed by atoms with Gasteiger partial charge in [-0.2, -0.15) is 10.2 Å². The number of amides is 1. The summed E-state index contributed by atoms with van der Waals surface area (Å²) in [4.78, 5) is 22.8. The number of hydrazone groups is 1. The number of aromatic nitrogens is 2. The molecular formula is C18H13BrFN5O3. The van der Waals surface area contributed by atoms with Crippen molar-refractivity contribution in [1.82, 2.24) is 15.2 Å². The normalized spacial score (nSPS) is 10.9. The Kier molecular flexibility index (Phi) is 5.90. The lowest BCUT2D eigenvalue weighted by Crippen LogP contribution is -2.19. The number of nitro groups is 1. The van der Waals surface area contributed by atoms with E-state index in [0.717, 1.165) is 10.0 Å². The van der Waals surface area contributed by atoms with Crippen molar-refractivity contribution < 1.29 is 14.1 Å². The number of carbonyl (C=O) groups excluding carboxylic acids is 1. The largest absolute Gasteiger partial charge is 0.320 e. The van der Waals surface area contributed by atoms with Crippen molar-refractivity contribution in [2.24, 2.45) is 5.10 Å². The fraction of sp³-hybridized carbons (Fsp3) is 0.0556. The number of nitrogens with one attached hydrogen (secondary N) is 1. The van der Waals surface area contributed by atoms with Crippen LogP contribution in [0.4, 0.5) is 10.1 Å². The average Bonchev–Trinajstić information content (AvgIpc) is 3.07. The molecule has 2 aromatic carbocycles. The molecule has 28 heavy (non-hydrogen) atoms. The Balaban J connectivity index is 1.76. The van der Waals surface area contributed by atoms with Gasteiger partial charge in [-0.1, -0.05) is 40.2 Å². The zero-order chi connectivity index (χ0) is 20.1. The van der Waals surface area contributed by atoms with Gasteiger partial charge in [-0.05, 0) is 35.4 Å². The summed E-state index contributed by atoms with van der Waals surface area (Å²) in [7, 11) is 0. The number of nitrogens with zero attached hydrogens (tertiary/aromatic N) is 4. The zero-order valence-corrected chi connectivity index (χ0v) is 15.8. The van der Waals surface area contributed by atoms with Crippen molar-refractivity contribution in [1.29, 1.82) is 0 Å². The Morgan fingerprint density at radius 1 is 1.32 bits per heavy atom. The molecule has 0 saturated carbocycles. The highest BCUT2D eigenvalue weighted by Gasteiger charge is 2.25. The Hall–Kier alpha value is -3.40. The van der Waals surface area contributed by atoms with Crippen LogP contribution in [-0.2, 0) is 6.54 Å². The first kappa shape index (κ1) is 19.4. The minimum absolute atomic E-state index is 0.256. The number of rotatable bonds is 6. The van der Waals surface area contributed by atoms with Gasteiger partial charge in [0.15, 0.2) is 0 Å². The summed E-state index contributed by atoms with van der Waals surface area (Å²) in [6.45, 7) is 0.256. The number of halogens is 2. The molecule has 1 aromatic heterocycles. The van der Waals surface area contributed by atoms with Crippen LogP contribution < -0.4 is 5.43 Å². The summed E-state index contributed by atoms with van der Waals surface area (Å²) in [6, 6.07) is 12.8. The molecule has 0 bridgehead atoms. The van der Waals surface area contributed by atoms with Gasteiger partial charge in [-0.15, -0.1) is 0 Å². The van der Waals surface area contributed by atoms with Crippen molar-refractivity contribution in [3.8, 4) is 0 Å². The maximum Gasteiger partial charge on any atom is 0.320 e. The fourth-order valence-corrected chi connectivity index (χ4v) is 2.82. The molecule has 1 heterocycles. The summed E-state index contributed by atoms with van der Waals surface area (Å²) in [5, 5.41) is 19.0. The highest BCUT2D eigenvalue weighted by molar-refractivity contribution is 9.10. The lowest BCUT2D eigenvalue weighted by Gasteiger charge is -2.01. The van der Waals surface area contributed by atoms with Gasteiger partial charge in [0.25, 0.3) is 5.91 Å².